The van der Waals surface area contributed by atoms with E-state index in [9.17, 15) is 14.7 Å². The first-order chi connectivity index (χ1) is 9.95. The van der Waals surface area contributed by atoms with Crippen LogP contribution in [0.3, 0.4) is 0 Å². The van der Waals surface area contributed by atoms with Gasteiger partial charge < -0.3 is 15.2 Å². The maximum absolute atomic E-state index is 11.7. The minimum atomic E-state index is -0.270. The summed E-state index contributed by atoms with van der Waals surface area (Å²) in [6.45, 7) is 3.21. The molecule has 0 atom stereocenters. The van der Waals surface area contributed by atoms with Gasteiger partial charge in [-0.2, -0.15) is 0 Å². The molecule has 0 spiro atoms. The molecule has 0 aliphatic heterocycles. The van der Waals surface area contributed by atoms with Gasteiger partial charge in [0.2, 0.25) is 17.7 Å². The Bertz CT molecular complexity index is 703. The zero-order valence-electron chi connectivity index (χ0n) is 12.3. The number of hydrogen-bond donors (Lipinski definition) is 2. The summed E-state index contributed by atoms with van der Waals surface area (Å²) in [6.07, 6.45) is 0.426. The molecule has 21 heavy (non-hydrogen) atoms. The fraction of sp³-hybridized carbons (Fsp3) is 0.333. The van der Waals surface area contributed by atoms with Crippen molar-refractivity contribution in [3.8, 4) is 11.6 Å². The van der Waals surface area contributed by atoms with Crippen LogP contribution >= 0.6 is 0 Å². The number of fused-ring (bicyclic) bond motifs is 1. The van der Waals surface area contributed by atoms with Crippen LogP contribution in [0, 0.1) is 0 Å². The minimum Gasteiger partial charge on any atom is -0.497 e. The van der Waals surface area contributed by atoms with E-state index in [0.717, 1.165) is 5.39 Å². The summed E-state index contributed by atoms with van der Waals surface area (Å²) < 4.78 is 6.45. The van der Waals surface area contributed by atoms with Crippen LogP contribution in [-0.2, 0) is 11.2 Å². The monoisotopic (exact) mass is 290 g/mol. The van der Waals surface area contributed by atoms with Gasteiger partial charge in [-0.05, 0) is 24.6 Å². The predicted molar refractivity (Wildman–Crippen MR) is 78.8 cm³/mol. The third-order valence-corrected chi connectivity index (χ3v) is 3.32. The van der Waals surface area contributed by atoms with Gasteiger partial charge in [-0.25, -0.2) is 0 Å². The van der Waals surface area contributed by atoms with Gasteiger partial charge in [0.05, 0.1) is 12.6 Å². The van der Waals surface area contributed by atoms with E-state index in [2.05, 4.69) is 5.32 Å². The Hall–Kier alpha value is -2.50. The van der Waals surface area contributed by atoms with Crippen molar-refractivity contribution in [2.24, 2.45) is 0 Å². The minimum absolute atomic E-state index is 0.0869. The van der Waals surface area contributed by atoms with Crippen molar-refractivity contribution in [2.75, 3.05) is 13.7 Å². The summed E-state index contributed by atoms with van der Waals surface area (Å²) in [7, 11) is 1.56. The average Bonchev–Trinajstić information content (AvgIpc) is 2.70. The van der Waals surface area contributed by atoms with Crippen molar-refractivity contribution >= 4 is 22.7 Å². The summed E-state index contributed by atoms with van der Waals surface area (Å²) in [6, 6.07) is 5.24. The second-order valence-corrected chi connectivity index (χ2v) is 4.77. The van der Waals surface area contributed by atoms with E-state index in [-0.39, 0.29) is 17.7 Å². The number of benzene rings is 1. The third-order valence-electron chi connectivity index (χ3n) is 3.32. The van der Waals surface area contributed by atoms with Crippen LogP contribution in [0.5, 0.6) is 11.6 Å². The fourth-order valence-corrected chi connectivity index (χ4v) is 2.38. The summed E-state index contributed by atoms with van der Waals surface area (Å²) in [5.74, 6) is 0.149. The highest BCUT2D eigenvalue weighted by Crippen LogP contribution is 2.33. The Morgan fingerprint density at radius 1 is 1.33 bits per heavy atom. The van der Waals surface area contributed by atoms with E-state index in [1.54, 1.807) is 25.3 Å². The zero-order valence-corrected chi connectivity index (χ0v) is 12.3. The lowest BCUT2D eigenvalue weighted by molar-refractivity contribution is -0.118. The van der Waals surface area contributed by atoms with Gasteiger partial charge >= 0.3 is 0 Å². The molecule has 0 unspecified atom stereocenters. The molecule has 1 heterocycles. The van der Waals surface area contributed by atoms with Crippen LogP contribution in [0.15, 0.2) is 18.2 Å². The van der Waals surface area contributed by atoms with Crippen molar-refractivity contribution in [3.63, 3.8) is 0 Å². The third kappa shape index (κ3) is 2.84. The van der Waals surface area contributed by atoms with Crippen molar-refractivity contribution in [3.05, 3.63) is 23.8 Å². The SMILES string of the molecule is COc1ccc2c(c1)c(CCNC(C)=O)c(O)n2C(C)=O. The molecule has 0 fully saturated rings. The van der Waals surface area contributed by atoms with Crippen LogP contribution in [0.2, 0.25) is 0 Å². The van der Waals surface area contributed by atoms with Crippen LogP contribution in [0.4, 0.5) is 0 Å². The highest BCUT2D eigenvalue weighted by Gasteiger charge is 2.19. The number of rotatable bonds is 4. The van der Waals surface area contributed by atoms with E-state index in [4.69, 9.17) is 4.74 Å². The number of carbonyl (C=O) groups is 2. The average molecular weight is 290 g/mol. The number of methoxy groups -OCH3 is 1. The molecule has 0 radical (unpaired) electrons. The topological polar surface area (TPSA) is 80.6 Å². The van der Waals surface area contributed by atoms with Gasteiger partial charge in [0.25, 0.3) is 0 Å². The number of aromatic nitrogens is 1. The number of amides is 1. The van der Waals surface area contributed by atoms with Crippen LogP contribution < -0.4 is 10.1 Å². The van der Waals surface area contributed by atoms with Crippen molar-refractivity contribution in [2.45, 2.75) is 20.3 Å². The number of aromatic hydroxyl groups is 1. The van der Waals surface area contributed by atoms with Gasteiger partial charge in [-0.15, -0.1) is 0 Å². The van der Waals surface area contributed by atoms with Gasteiger partial charge in [-0.1, -0.05) is 0 Å². The van der Waals surface area contributed by atoms with Gasteiger partial charge in [0.1, 0.15) is 5.75 Å². The lowest BCUT2D eigenvalue weighted by Crippen LogP contribution is -2.22. The molecule has 0 saturated heterocycles. The zero-order chi connectivity index (χ0) is 15.6. The molecule has 0 bridgehead atoms. The van der Waals surface area contributed by atoms with Gasteiger partial charge in [0, 0.05) is 31.3 Å². The Morgan fingerprint density at radius 2 is 2.05 bits per heavy atom. The second-order valence-electron chi connectivity index (χ2n) is 4.77. The summed E-state index contributed by atoms with van der Waals surface area (Å²) in [4.78, 5) is 22.7. The van der Waals surface area contributed by atoms with E-state index >= 15 is 0 Å². The molecule has 0 saturated carbocycles. The van der Waals surface area contributed by atoms with Crippen molar-refractivity contribution in [1.29, 1.82) is 0 Å². The van der Waals surface area contributed by atoms with E-state index in [1.807, 2.05) is 0 Å². The van der Waals surface area contributed by atoms with E-state index < -0.39 is 0 Å². The highest BCUT2D eigenvalue weighted by atomic mass is 16.5. The summed E-state index contributed by atoms with van der Waals surface area (Å²) >= 11 is 0. The highest BCUT2D eigenvalue weighted by molar-refractivity contribution is 5.97. The largest absolute Gasteiger partial charge is 0.497 e. The summed E-state index contributed by atoms with van der Waals surface area (Å²) in [5.41, 5.74) is 1.24. The first-order valence-electron chi connectivity index (χ1n) is 6.61. The van der Waals surface area contributed by atoms with Crippen molar-refractivity contribution in [1.82, 2.24) is 9.88 Å². The number of nitrogens with zero attached hydrogens (tertiary/aromatic N) is 1. The molecule has 0 aliphatic rings. The molecule has 2 N–H and O–H groups in total. The molecule has 1 aromatic heterocycles. The molecule has 2 rings (SSSR count). The molecule has 2 aromatic rings. The quantitative estimate of drug-likeness (QED) is 0.898. The molecule has 6 nitrogen and oxygen atoms in total. The second kappa shape index (κ2) is 5.87. The Balaban J connectivity index is 2.53. The molecule has 1 amide bonds. The normalized spacial score (nSPS) is 10.6. The molecule has 1 aromatic carbocycles. The Morgan fingerprint density at radius 3 is 2.62 bits per heavy atom. The van der Waals surface area contributed by atoms with Gasteiger partial charge in [-0.3, -0.25) is 14.2 Å². The number of hydrogen-bond acceptors (Lipinski definition) is 4. The Kier molecular flexibility index (Phi) is 4.16. The molecule has 6 heteroatoms. The molecule has 112 valence electrons. The van der Waals surface area contributed by atoms with Crippen LogP contribution in [0.1, 0.15) is 24.2 Å². The lowest BCUT2D eigenvalue weighted by atomic mass is 10.1. The predicted octanol–water partition coefficient (Wildman–Crippen LogP) is 1.69. The molecular weight excluding hydrogens is 272 g/mol. The Labute approximate surface area is 122 Å². The van der Waals surface area contributed by atoms with Crippen LogP contribution in [-0.4, -0.2) is 35.1 Å². The number of nitrogens with one attached hydrogen (secondary N) is 1. The summed E-state index contributed by atoms with van der Waals surface area (Å²) in [5, 5.41) is 13.7. The number of carbonyl (C=O) groups excluding carboxylic acids is 2. The van der Waals surface area contributed by atoms with E-state index in [1.165, 1.54) is 18.4 Å². The first-order valence-corrected chi connectivity index (χ1v) is 6.61. The fourth-order valence-electron chi connectivity index (χ4n) is 2.38. The standard InChI is InChI=1S/C15H18N2O4/c1-9(18)16-7-6-12-13-8-11(21-3)4-5-14(13)17(10(2)19)15(12)20/h4-5,8,20H,6-7H2,1-3H3,(H,16,18). The van der Waals surface area contributed by atoms with Crippen LogP contribution in [0.25, 0.3) is 10.9 Å². The number of ether oxygens (including phenoxy) is 1. The maximum Gasteiger partial charge on any atom is 0.230 e. The molecule has 0 aliphatic carbocycles. The smallest absolute Gasteiger partial charge is 0.230 e. The van der Waals surface area contributed by atoms with Gasteiger partial charge in [0.15, 0.2) is 0 Å². The van der Waals surface area contributed by atoms with E-state index in [0.29, 0.717) is 29.8 Å². The lowest BCUT2D eigenvalue weighted by Gasteiger charge is -2.03. The first kappa shape index (κ1) is 14.9. The maximum atomic E-state index is 11.7. The van der Waals surface area contributed by atoms with Crippen molar-refractivity contribution < 1.29 is 19.4 Å². The molecular formula is C15H18N2O4.